The summed E-state index contributed by atoms with van der Waals surface area (Å²) in [6, 6.07) is 5.59. The Bertz CT molecular complexity index is 651. The van der Waals surface area contributed by atoms with Crippen LogP contribution in [0.5, 0.6) is 5.75 Å². The first-order chi connectivity index (χ1) is 10.3. The summed E-state index contributed by atoms with van der Waals surface area (Å²) in [5, 5.41) is 5.79. The minimum Gasteiger partial charge on any atom is -0.410 e. The molecule has 1 aromatic carbocycles. The van der Waals surface area contributed by atoms with E-state index in [1.165, 1.54) is 24.3 Å². The van der Waals surface area contributed by atoms with Crippen LogP contribution in [0.3, 0.4) is 0 Å². The number of benzene rings is 1. The second-order valence-electron chi connectivity index (χ2n) is 4.63. The van der Waals surface area contributed by atoms with E-state index in [4.69, 9.17) is 4.74 Å². The van der Waals surface area contributed by atoms with Gasteiger partial charge in [-0.05, 0) is 38.1 Å². The van der Waals surface area contributed by atoms with Gasteiger partial charge in [0.05, 0.1) is 0 Å². The van der Waals surface area contributed by atoms with Crippen LogP contribution in [0.1, 0.15) is 19.7 Å². The average Bonchev–Trinajstić information content (AvgIpc) is 2.88. The quantitative estimate of drug-likeness (QED) is 0.940. The summed E-state index contributed by atoms with van der Waals surface area (Å²) in [5.74, 6) is -1.38. The number of nitrogens with one attached hydrogen (secondary N) is 1. The Morgan fingerprint density at radius 1 is 1.27 bits per heavy atom. The molecule has 0 aliphatic heterocycles. The number of carbonyl (C=O) groups excluding carboxylic acids is 1. The Balaban J connectivity index is 2.09. The summed E-state index contributed by atoms with van der Waals surface area (Å²) in [7, 11) is 0. The van der Waals surface area contributed by atoms with Crippen molar-refractivity contribution >= 4 is 6.09 Å². The molecule has 0 spiro atoms. The Labute approximate surface area is 123 Å². The summed E-state index contributed by atoms with van der Waals surface area (Å²) in [4.78, 5) is 14.7. The summed E-state index contributed by atoms with van der Waals surface area (Å²) in [6.45, 7) is 3.55. The highest BCUT2D eigenvalue weighted by Gasteiger charge is 2.38. The smallest absolute Gasteiger partial charge is 0.410 e. The van der Waals surface area contributed by atoms with E-state index in [2.05, 4.69) is 20.0 Å². The maximum atomic E-state index is 12.4. The minimum atomic E-state index is -4.69. The van der Waals surface area contributed by atoms with E-state index in [1.807, 2.05) is 0 Å². The van der Waals surface area contributed by atoms with Crippen LogP contribution in [-0.2, 0) is 6.18 Å². The molecule has 1 aromatic heterocycles. The second-order valence-corrected chi connectivity index (χ2v) is 4.63. The fourth-order valence-corrected chi connectivity index (χ4v) is 1.50. The van der Waals surface area contributed by atoms with Crippen molar-refractivity contribution in [3.63, 3.8) is 0 Å². The molecule has 0 aliphatic rings. The lowest BCUT2D eigenvalue weighted by Crippen LogP contribution is -2.32. The van der Waals surface area contributed by atoms with Crippen LogP contribution >= 0.6 is 0 Å². The van der Waals surface area contributed by atoms with Crippen LogP contribution in [0.25, 0.3) is 11.4 Å². The Morgan fingerprint density at radius 2 is 1.91 bits per heavy atom. The number of aromatic nitrogens is 2. The van der Waals surface area contributed by atoms with E-state index >= 15 is 0 Å². The van der Waals surface area contributed by atoms with Crippen molar-refractivity contribution in [3.8, 4) is 17.1 Å². The van der Waals surface area contributed by atoms with Crippen molar-refractivity contribution < 1.29 is 27.2 Å². The Morgan fingerprint density at radius 3 is 2.41 bits per heavy atom. The fourth-order valence-electron chi connectivity index (χ4n) is 1.50. The standard InChI is InChI=1S/C13H12F3N3O3/c1-7(2)17-12(20)21-9-5-3-8(4-6-9)10-18-11(22-19-10)13(14,15)16/h3-7H,1-2H3,(H,17,20). The number of hydrogen-bond donors (Lipinski definition) is 1. The second kappa shape index (κ2) is 6.04. The molecule has 0 aliphatic carbocycles. The third kappa shape index (κ3) is 3.96. The molecule has 0 atom stereocenters. The third-order valence-corrected chi connectivity index (χ3v) is 2.40. The lowest BCUT2D eigenvalue weighted by molar-refractivity contribution is -0.159. The predicted molar refractivity (Wildman–Crippen MR) is 69.0 cm³/mol. The molecule has 0 bridgehead atoms. The maximum Gasteiger partial charge on any atom is 0.471 e. The number of carbonyl (C=O) groups is 1. The molecule has 0 saturated heterocycles. The molecule has 0 saturated carbocycles. The molecular formula is C13H12F3N3O3. The fraction of sp³-hybridized carbons (Fsp3) is 0.308. The van der Waals surface area contributed by atoms with Gasteiger partial charge in [-0.1, -0.05) is 5.16 Å². The highest BCUT2D eigenvalue weighted by atomic mass is 19.4. The van der Waals surface area contributed by atoms with Gasteiger partial charge in [0.1, 0.15) is 5.75 Å². The molecule has 2 aromatic rings. The van der Waals surface area contributed by atoms with Crippen LogP contribution in [0.2, 0.25) is 0 Å². The molecule has 1 N–H and O–H groups in total. The van der Waals surface area contributed by atoms with E-state index in [0.29, 0.717) is 5.56 Å². The van der Waals surface area contributed by atoms with Gasteiger partial charge < -0.3 is 14.6 Å². The largest absolute Gasteiger partial charge is 0.471 e. The highest BCUT2D eigenvalue weighted by Crippen LogP contribution is 2.29. The van der Waals surface area contributed by atoms with Crippen LogP contribution in [0.4, 0.5) is 18.0 Å². The number of amides is 1. The van der Waals surface area contributed by atoms with Crippen LogP contribution in [0.15, 0.2) is 28.8 Å². The van der Waals surface area contributed by atoms with Crippen LogP contribution < -0.4 is 10.1 Å². The number of nitrogens with zero attached hydrogens (tertiary/aromatic N) is 2. The molecule has 0 radical (unpaired) electrons. The normalized spacial score (nSPS) is 11.5. The summed E-state index contributed by atoms with van der Waals surface area (Å²) in [5.41, 5.74) is 0.302. The Kier molecular flexibility index (Phi) is 4.34. The van der Waals surface area contributed by atoms with Gasteiger partial charge in [0, 0.05) is 11.6 Å². The topological polar surface area (TPSA) is 77.2 Å². The van der Waals surface area contributed by atoms with Gasteiger partial charge in [0.2, 0.25) is 5.82 Å². The molecular weight excluding hydrogens is 303 g/mol. The molecule has 0 unspecified atom stereocenters. The van der Waals surface area contributed by atoms with E-state index < -0.39 is 18.2 Å². The zero-order chi connectivity index (χ0) is 16.3. The number of rotatable bonds is 3. The summed E-state index contributed by atoms with van der Waals surface area (Å²) in [6.07, 6.45) is -5.31. The predicted octanol–water partition coefficient (Wildman–Crippen LogP) is 3.25. The molecule has 1 amide bonds. The number of ether oxygens (including phenoxy) is 1. The number of alkyl halides is 3. The highest BCUT2D eigenvalue weighted by molar-refractivity contribution is 5.71. The molecule has 6 nitrogen and oxygen atoms in total. The van der Waals surface area contributed by atoms with Crippen molar-refractivity contribution in [2.75, 3.05) is 0 Å². The first kappa shape index (κ1) is 15.8. The molecule has 9 heteroatoms. The first-order valence-electron chi connectivity index (χ1n) is 6.25. The van der Waals surface area contributed by atoms with E-state index in [9.17, 15) is 18.0 Å². The van der Waals surface area contributed by atoms with Crippen molar-refractivity contribution in [2.45, 2.75) is 26.1 Å². The molecule has 2 rings (SSSR count). The Hall–Kier alpha value is -2.58. The van der Waals surface area contributed by atoms with Crippen molar-refractivity contribution in [2.24, 2.45) is 0 Å². The SMILES string of the molecule is CC(C)NC(=O)Oc1ccc(-c2noc(C(F)(F)F)n2)cc1. The lowest BCUT2D eigenvalue weighted by Gasteiger charge is -2.08. The van der Waals surface area contributed by atoms with Crippen LogP contribution in [0, 0.1) is 0 Å². The molecule has 22 heavy (non-hydrogen) atoms. The zero-order valence-electron chi connectivity index (χ0n) is 11.6. The van der Waals surface area contributed by atoms with Gasteiger partial charge in [-0.3, -0.25) is 0 Å². The van der Waals surface area contributed by atoms with Crippen molar-refractivity contribution in [3.05, 3.63) is 30.2 Å². The molecule has 1 heterocycles. The number of hydrogen-bond acceptors (Lipinski definition) is 5. The first-order valence-corrected chi connectivity index (χ1v) is 6.25. The van der Waals surface area contributed by atoms with Crippen molar-refractivity contribution in [1.82, 2.24) is 15.5 Å². The minimum absolute atomic E-state index is 0.0770. The van der Waals surface area contributed by atoms with Gasteiger partial charge in [-0.25, -0.2) is 4.79 Å². The molecule has 0 fully saturated rings. The van der Waals surface area contributed by atoms with Gasteiger partial charge in [-0.15, -0.1) is 0 Å². The summed E-state index contributed by atoms with van der Waals surface area (Å²) >= 11 is 0. The number of halogens is 3. The van der Waals surface area contributed by atoms with E-state index in [-0.39, 0.29) is 17.6 Å². The van der Waals surface area contributed by atoms with Gasteiger partial charge in [0.15, 0.2) is 0 Å². The van der Waals surface area contributed by atoms with E-state index in [0.717, 1.165) is 0 Å². The van der Waals surface area contributed by atoms with Crippen LogP contribution in [-0.4, -0.2) is 22.3 Å². The molecule has 118 valence electrons. The van der Waals surface area contributed by atoms with Gasteiger partial charge >= 0.3 is 18.2 Å². The van der Waals surface area contributed by atoms with E-state index in [1.54, 1.807) is 13.8 Å². The maximum absolute atomic E-state index is 12.4. The van der Waals surface area contributed by atoms with Gasteiger partial charge in [0.25, 0.3) is 0 Å². The monoisotopic (exact) mass is 315 g/mol. The third-order valence-electron chi connectivity index (χ3n) is 2.40. The summed E-state index contributed by atoms with van der Waals surface area (Å²) < 4.78 is 46.2. The van der Waals surface area contributed by atoms with Gasteiger partial charge in [-0.2, -0.15) is 18.2 Å². The zero-order valence-corrected chi connectivity index (χ0v) is 11.6. The van der Waals surface area contributed by atoms with Crippen molar-refractivity contribution in [1.29, 1.82) is 0 Å². The average molecular weight is 315 g/mol. The lowest BCUT2D eigenvalue weighted by atomic mass is 10.2.